The van der Waals surface area contributed by atoms with Crippen molar-refractivity contribution in [3.8, 4) is 11.8 Å². The van der Waals surface area contributed by atoms with Gasteiger partial charge >= 0.3 is 0 Å². The highest BCUT2D eigenvalue weighted by Crippen LogP contribution is 2.12. The first-order valence-electron chi connectivity index (χ1n) is 5.86. The summed E-state index contributed by atoms with van der Waals surface area (Å²) in [7, 11) is 0. The molecule has 1 aliphatic heterocycles. The van der Waals surface area contributed by atoms with Crippen molar-refractivity contribution >= 4 is 5.91 Å². The van der Waals surface area contributed by atoms with E-state index in [9.17, 15) is 4.79 Å². The van der Waals surface area contributed by atoms with Crippen LogP contribution in [0.1, 0.15) is 18.4 Å². The molecule has 18 heavy (non-hydrogen) atoms. The zero-order chi connectivity index (χ0) is 12.8. The molecule has 0 bridgehead atoms. The first-order valence-corrected chi connectivity index (χ1v) is 5.86. The maximum absolute atomic E-state index is 11.7. The highest BCUT2D eigenvalue weighted by atomic mass is 16.7. The molecule has 1 aliphatic rings. The highest BCUT2D eigenvalue weighted by molar-refractivity contribution is 5.76. The van der Waals surface area contributed by atoms with E-state index in [1.807, 2.05) is 6.07 Å². The summed E-state index contributed by atoms with van der Waals surface area (Å²) in [6.07, 6.45) is 1.95. The van der Waals surface area contributed by atoms with Gasteiger partial charge in [-0.1, -0.05) is 0 Å². The molecule has 0 unspecified atom stereocenters. The minimum atomic E-state index is -0.181. The van der Waals surface area contributed by atoms with Gasteiger partial charge in [-0.05, 0) is 37.1 Å². The van der Waals surface area contributed by atoms with Gasteiger partial charge in [0.15, 0.2) is 6.61 Å². The van der Waals surface area contributed by atoms with Gasteiger partial charge in [0.2, 0.25) is 0 Å². The lowest BCUT2D eigenvalue weighted by Crippen LogP contribution is -2.38. The van der Waals surface area contributed by atoms with Crippen LogP contribution in [0.4, 0.5) is 0 Å². The van der Waals surface area contributed by atoms with Crippen LogP contribution in [0.3, 0.4) is 0 Å². The number of nitrogens with zero attached hydrogens (tertiary/aromatic N) is 2. The van der Waals surface area contributed by atoms with Gasteiger partial charge in [0.05, 0.1) is 18.2 Å². The van der Waals surface area contributed by atoms with Gasteiger partial charge in [-0.25, -0.2) is 5.06 Å². The van der Waals surface area contributed by atoms with E-state index >= 15 is 0 Å². The van der Waals surface area contributed by atoms with Crippen LogP contribution < -0.4 is 4.74 Å². The Kier molecular flexibility index (Phi) is 4.15. The van der Waals surface area contributed by atoms with Crippen molar-refractivity contribution in [1.29, 1.82) is 5.26 Å². The Morgan fingerprint density at radius 2 is 2.17 bits per heavy atom. The Hall–Kier alpha value is -2.06. The zero-order valence-corrected chi connectivity index (χ0v) is 9.96. The van der Waals surface area contributed by atoms with E-state index in [0.29, 0.717) is 24.5 Å². The van der Waals surface area contributed by atoms with Crippen LogP contribution in [0, 0.1) is 11.3 Å². The van der Waals surface area contributed by atoms with Gasteiger partial charge in [0, 0.05) is 6.54 Å². The topological polar surface area (TPSA) is 62.6 Å². The molecule has 1 amide bonds. The predicted octanol–water partition coefficient (Wildman–Crippen LogP) is 1.49. The fraction of sp³-hybridized carbons (Fsp3) is 0.385. The van der Waals surface area contributed by atoms with E-state index in [4.69, 9.17) is 14.8 Å². The fourth-order valence-electron chi connectivity index (χ4n) is 1.64. The summed E-state index contributed by atoms with van der Waals surface area (Å²) in [5.41, 5.74) is 0.563. The number of benzene rings is 1. The molecule has 94 valence electrons. The summed E-state index contributed by atoms with van der Waals surface area (Å²) in [6, 6.07) is 8.66. The first-order chi connectivity index (χ1) is 8.79. The molecule has 2 rings (SSSR count). The summed E-state index contributed by atoms with van der Waals surface area (Å²) < 4.78 is 5.34. The number of hydrogen-bond donors (Lipinski definition) is 0. The van der Waals surface area contributed by atoms with Crippen molar-refractivity contribution in [2.75, 3.05) is 19.8 Å². The third kappa shape index (κ3) is 3.22. The number of carbonyl (C=O) groups excluding carboxylic acids is 1. The maximum Gasteiger partial charge on any atom is 0.283 e. The molecular weight excluding hydrogens is 232 g/mol. The Labute approximate surface area is 105 Å². The van der Waals surface area contributed by atoms with E-state index in [2.05, 4.69) is 0 Å². The molecule has 0 radical (unpaired) electrons. The second kappa shape index (κ2) is 6.03. The first kappa shape index (κ1) is 12.4. The molecule has 0 saturated carbocycles. The molecule has 5 nitrogen and oxygen atoms in total. The molecule has 1 saturated heterocycles. The lowest BCUT2D eigenvalue weighted by molar-refractivity contribution is -0.198. The van der Waals surface area contributed by atoms with Gasteiger partial charge in [-0.3, -0.25) is 9.63 Å². The molecular formula is C13H14N2O3. The summed E-state index contributed by atoms with van der Waals surface area (Å²) in [5.74, 6) is 0.387. The number of carbonyl (C=O) groups is 1. The predicted molar refractivity (Wildman–Crippen MR) is 63.6 cm³/mol. The van der Waals surface area contributed by atoms with E-state index in [1.165, 1.54) is 5.06 Å². The van der Waals surface area contributed by atoms with Gasteiger partial charge in [-0.2, -0.15) is 5.26 Å². The Morgan fingerprint density at radius 3 is 2.78 bits per heavy atom. The molecule has 0 aromatic heterocycles. The lowest BCUT2D eigenvalue weighted by Gasteiger charge is -2.25. The number of nitriles is 1. The largest absolute Gasteiger partial charge is 0.484 e. The number of ether oxygens (including phenoxy) is 1. The normalized spacial score (nSPS) is 14.9. The average molecular weight is 246 g/mol. The zero-order valence-electron chi connectivity index (χ0n) is 9.96. The minimum Gasteiger partial charge on any atom is -0.484 e. The fourth-order valence-corrected chi connectivity index (χ4v) is 1.64. The third-order valence-electron chi connectivity index (χ3n) is 2.63. The van der Waals surface area contributed by atoms with Crippen LogP contribution in [0.15, 0.2) is 24.3 Å². The Balaban J connectivity index is 1.83. The number of rotatable bonds is 3. The second-order valence-corrected chi connectivity index (χ2v) is 3.96. The van der Waals surface area contributed by atoms with Crippen LogP contribution in [0.5, 0.6) is 5.75 Å². The number of hydroxylamine groups is 2. The molecule has 0 N–H and O–H groups in total. The van der Waals surface area contributed by atoms with Gasteiger partial charge < -0.3 is 4.74 Å². The monoisotopic (exact) mass is 246 g/mol. The van der Waals surface area contributed by atoms with Crippen molar-refractivity contribution in [1.82, 2.24) is 5.06 Å². The summed E-state index contributed by atoms with van der Waals surface area (Å²) in [4.78, 5) is 16.9. The van der Waals surface area contributed by atoms with Crippen molar-refractivity contribution in [2.45, 2.75) is 12.8 Å². The molecule has 5 heteroatoms. The number of hydrogen-bond acceptors (Lipinski definition) is 4. The van der Waals surface area contributed by atoms with Gasteiger partial charge in [0.25, 0.3) is 5.91 Å². The van der Waals surface area contributed by atoms with Crippen LogP contribution >= 0.6 is 0 Å². The molecule has 1 fully saturated rings. The van der Waals surface area contributed by atoms with Crippen molar-refractivity contribution in [3.05, 3.63) is 29.8 Å². The quantitative estimate of drug-likeness (QED) is 0.810. The Bertz CT molecular complexity index is 444. The minimum absolute atomic E-state index is 0.0497. The smallest absolute Gasteiger partial charge is 0.283 e. The number of amides is 1. The standard InChI is InChI=1S/C13H14N2O3/c14-9-11-3-5-12(6-4-11)17-10-13(16)15-7-1-2-8-18-15/h3-6H,1-2,7-8,10H2. The van der Waals surface area contributed by atoms with Gasteiger partial charge in [-0.15, -0.1) is 0 Å². The van der Waals surface area contributed by atoms with Crippen LogP contribution in [0.25, 0.3) is 0 Å². The summed E-state index contributed by atoms with van der Waals surface area (Å²) in [5, 5.41) is 10.0. The van der Waals surface area contributed by atoms with Crippen molar-refractivity contribution < 1.29 is 14.4 Å². The van der Waals surface area contributed by atoms with E-state index in [-0.39, 0.29) is 12.5 Å². The summed E-state index contributed by atoms with van der Waals surface area (Å²) in [6.45, 7) is 1.16. The van der Waals surface area contributed by atoms with Crippen molar-refractivity contribution in [2.24, 2.45) is 0 Å². The van der Waals surface area contributed by atoms with E-state index in [0.717, 1.165) is 12.8 Å². The molecule has 0 spiro atoms. The molecule has 1 aromatic carbocycles. The highest BCUT2D eigenvalue weighted by Gasteiger charge is 2.17. The Morgan fingerprint density at radius 1 is 1.39 bits per heavy atom. The molecule has 1 aromatic rings. The average Bonchev–Trinajstić information content (AvgIpc) is 2.46. The van der Waals surface area contributed by atoms with Crippen LogP contribution in [-0.4, -0.2) is 30.7 Å². The second-order valence-electron chi connectivity index (χ2n) is 3.96. The molecule has 0 aliphatic carbocycles. The van der Waals surface area contributed by atoms with Crippen LogP contribution in [0.2, 0.25) is 0 Å². The van der Waals surface area contributed by atoms with Gasteiger partial charge in [0.1, 0.15) is 5.75 Å². The SMILES string of the molecule is N#Cc1ccc(OCC(=O)N2CCCCO2)cc1. The van der Waals surface area contributed by atoms with E-state index < -0.39 is 0 Å². The summed E-state index contributed by atoms with van der Waals surface area (Å²) >= 11 is 0. The lowest BCUT2D eigenvalue weighted by atomic mass is 10.2. The molecule has 1 heterocycles. The molecule has 0 atom stereocenters. The van der Waals surface area contributed by atoms with Crippen molar-refractivity contribution in [3.63, 3.8) is 0 Å². The van der Waals surface area contributed by atoms with E-state index in [1.54, 1.807) is 24.3 Å². The maximum atomic E-state index is 11.7. The van der Waals surface area contributed by atoms with Crippen LogP contribution in [-0.2, 0) is 9.63 Å². The third-order valence-corrected chi connectivity index (χ3v) is 2.63.